The van der Waals surface area contributed by atoms with Gasteiger partial charge in [-0.25, -0.2) is 4.98 Å². The maximum absolute atomic E-state index is 11.6. The van der Waals surface area contributed by atoms with Crippen molar-refractivity contribution < 1.29 is 9.53 Å². The molecule has 0 saturated heterocycles. The van der Waals surface area contributed by atoms with Crippen LogP contribution < -0.4 is 10.1 Å². The summed E-state index contributed by atoms with van der Waals surface area (Å²) in [7, 11) is 1.65. The van der Waals surface area contributed by atoms with Crippen LogP contribution in [0.2, 0.25) is 0 Å². The first-order chi connectivity index (χ1) is 12.5. The van der Waals surface area contributed by atoms with Crippen LogP contribution in [0.3, 0.4) is 0 Å². The largest absolute Gasteiger partial charge is 0.491 e. The molecule has 0 aliphatic carbocycles. The number of ether oxygens (including phenoxy) is 1. The highest BCUT2D eigenvalue weighted by Gasteiger charge is 2.08. The second kappa shape index (κ2) is 7.56. The zero-order valence-electron chi connectivity index (χ0n) is 15.7. The lowest BCUT2D eigenvalue weighted by Gasteiger charge is -2.11. The quantitative estimate of drug-likeness (QED) is 0.748. The number of nitrogens with one attached hydrogen (secondary N) is 1. The number of rotatable bonds is 5. The van der Waals surface area contributed by atoms with Crippen molar-refractivity contribution >= 4 is 16.8 Å². The second-order valence-corrected chi connectivity index (χ2v) is 6.72. The minimum absolute atomic E-state index is 0.00188. The van der Waals surface area contributed by atoms with Crippen molar-refractivity contribution in [3.8, 4) is 17.0 Å². The van der Waals surface area contributed by atoms with Gasteiger partial charge in [-0.2, -0.15) is 0 Å². The normalized spacial score (nSPS) is 11.0. The molecule has 0 bridgehead atoms. The molecular weight excluding hydrogens is 324 g/mol. The summed E-state index contributed by atoms with van der Waals surface area (Å²) in [6, 6.07) is 16.1. The zero-order chi connectivity index (χ0) is 18.7. The molecule has 4 nitrogen and oxygen atoms in total. The van der Waals surface area contributed by atoms with Crippen molar-refractivity contribution in [3.05, 3.63) is 59.7 Å². The van der Waals surface area contributed by atoms with Gasteiger partial charge in [0.2, 0.25) is 5.91 Å². The van der Waals surface area contributed by atoms with Crippen molar-refractivity contribution in [2.24, 2.45) is 0 Å². The standard InChI is InChI=1S/C22H24N2O2/c1-14(2)26-18-8-6-17(7-9-18)20-11-15(3)19-10-5-16(12-21(19)24-20)13-22(25)23-4/h5-12,14H,13H2,1-4H3,(H,23,25). The molecule has 3 aromatic rings. The number of carbonyl (C=O) groups is 1. The van der Waals surface area contributed by atoms with Gasteiger partial charge in [0.25, 0.3) is 0 Å². The lowest BCUT2D eigenvalue weighted by molar-refractivity contribution is -0.119. The van der Waals surface area contributed by atoms with Crippen molar-refractivity contribution in [3.63, 3.8) is 0 Å². The number of carbonyl (C=O) groups excluding carboxylic acids is 1. The van der Waals surface area contributed by atoms with E-state index in [-0.39, 0.29) is 12.0 Å². The molecule has 0 aliphatic rings. The fraction of sp³-hybridized carbons (Fsp3) is 0.273. The summed E-state index contributed by atoms with van der Waals surface area (Å²) < 4.78 is 5.70. The van der Waals surface area contributed by atoms with E-state index in [1.165, 1.54) is 5.56 Å². The van der Waals surface area contributed by atoms with E-state index in [1.807, 2.05) is 56.3 Å². The lowest BCUT2D eigenvalue weighted by atomic mass is 10.0. The van der Waals surface area contributed by atoms with Gasteiger partial charge in [-0.3, -0.25) is 4.79 Å². The Morgan fingerprint density at radius 1 is 1.12 bits per heavy atom. The van der Waals surface area contributed by atoms with Gasteiger partial charge in [-0.15, -0.1) is 0 Å². The summed E-state index contributed by atoms with van der Waals surface area (Å²) in [5, 5.41) is 3.76. The van der Waals surface area contributed by atoms with Crippen LogP contribution in [0.15, 0.2) is 48.5 Å². The Morgan fingerprint density at radius 3 is 2.50 bits per heavy atom. The molecule has 26 heavy (non-hydrogen) atoms. The fourth-order valence-corrected chi connectivity index (χ4v) is 2.96. The molecule has 0 atom stereocenters. The molecule has 0 saturated carbocycles. The molecule has 0 fully saturated rings. The number of hydrogen-bond donors (Lipinski definition) is 1. The highest BCUT2D eigenvalue weighted by Crippen LogP contribution is 2.27. The number of fused-ring (bicyclic) bond motifs is 1. The molecule has 1 N–H and O–H groups in total. The van der Waals surface area contributed by atoms with Gasteiger partial charge < -0.3 is 10.1 Å². The Labute approximate surface area is 154 Å². The molecule has 3 rings (SSSR count). The topological polar surface area (TPSA) is 51.2 Å². The highest BCUT2D eigenvalue weighted by molar-refractivity contribution is 5.87. The first-order valence-corrected chi connectivity index (χ1v) is 8.84. The van der Waals surface area contributed by atoms with Crippen LogP contribution in [0.25, 0.3) is 22.2 Å². The number of benzene rings is 2. The van der Waals surface area contributed by atoms with Crippen LogP contribution >= 0.6 is 0 Å². The molecule has 0 spiro atoms. The van der Waals surface area contributed by atoms with E-state index < -0.39 is 0 Å². The minimum atomic E-state index is -0.00188. The maximum Gasteiger partial charge on any atom is 0.224 e. The van der Waals surface area contributed by atoms with Crippen molar-refractivity contribution in [2.45, 2.75) is 33.3 Å². The van der Waals surface area contributed by atoms with Gasteiger partial charge in [0, 0.05) is 18.0 Å². The third-order valence-corrected chi connectivity index (χ3v) is 4.25. The molecule has 0 unspecified atom stereocenters. The smallest absolute Gasteiger partial charge is 0.224 e. The summed E-state index contributed by atoms with van der Waals surface area (Å²) in [6.07, 6.45) is 0.513. The fourth-order valence-electron chi connectivity index (χ4n) is 2.96. The number of nitrogens with zero attached hydrogens (tertiary/aromatic N) is 1. The molecule has 0 radical (unpaired) electrons. The van der Waals surface area contributed by atoms with Crippen molar-refractivity contribution in [1.29, 1.82) is 0 Å². The monoisotopic (exact) mass is 348 g/mol. The SMILES string of the molecule is CNC(=O)Cc1ccc2c(C)cc(-c3ccc(OC(C)C)cc3)nc2c1. The number of hydrogen-bond acceptors (Lipinski definition) is 3. The number of aryl methyl sites for hydroxylation is 1. The van der Waals surface area contributed by atoms with Gasteiger partial charge in [0.15, 0.2) is 0 Å². The van der Waals surface area contributed by atoms with Gasteiger partial charge in [-0.05, 0) is 68.3 Å². The lowest BCUT2D eigenvalue weighted by Crippen LogP contribution is -2.19. The minimum Gasteiger partial charge on any atom is -0.491 e. The third kappa shape index (κ3) is 4.02. The molecule has 1 aromatic heterocycles. The summed E-state index contributed by atoms with van der Waals surface area (Å²) in [5.74, 6) is 0.854. The highest BCUT2D eigenvalue weighted by atomic mass is 16.5. The van der Waals surface area contributed by atoms with Gasteiger partial charge in [0.1, 0.15) is 5.75 Å². The predicted octanol–water partition coefficient (Wildman–Crippen LogP) is 4.29. The molecular formula is C22H24N2O2. The second-order valence-electron chi connectivity index (χ2n) is 6.72. The Morgan fingerprint density at radius 2 is 1.85 bits per heavy atom. The Bertz CT molecular complexity index is 931. The molecule has 1 heterocycles. The number of pyridine rings is 1. The van der Waals surface area contributed by atoms with E-state index in [4.69, 9.17) is 9.72 Å². The average molecular weight is 348 g/mol. The first-order valence-electron chi connectivity index (χ1n) is 8.84. The number of aromatic nitrogens is 1. The summed E-state index contributed by atoms with van der Waals surface area (Å²) in [6.45, 7) is 6.11. The van der Waals surface area contributed by atoms with E-state index in [0.29, 0.717) is 6.42 Å². The Balaban J connectivity index is 1.97. The third-order valence-electron chi connectivity index (χ3n) is 4.25. The number of amides is 1. The van der Waals surface area contributed by atoms with Crippen molar-refractivity contribution in [1.82, 2.24) is 10.3 Å². The van der Waals surface area contributed by atoms with Crippen molar-refractivity contribution in [2.75, 3.05) is 7.05 Å². The predicted molar refractivity (Wildman–Crippen MR) is 105 cm³/mol. The van der Waals surface area contributed by atoms with E-state index >= 15 is 0 Å². The molecule has 0 aliphatic heterocycles. The van der Waals surface area contributed by atoms with Crippen LogP contribution in [0.4, 0.5) is 0 Å². The molecule has 4 heteroatoms. The zero-order valence-corrected chi connectivity index (χ0v) is 15.7. The Hall–Kier alpha value is -2.88. The van der Waals surface area contributed by atoms with Gasteiger partial charge in [0.05, 0.1) is 23.7 Å². The van der Waals surface area contributed by atoms with Crippen LogP contribution in [0, 0.1) is 6.92 Å². The van der Waals surface area contributed by atoms with Gasteiger partial charge >= 0.3 is 0 Å². The van der Waals surface area contributed by atoms with E-state index in [1.54, 1.807) is 7.05 Å². The van der Waals surface area contributed by atoms with Gasteiger partial charge in [-0.1, -0.05) is 12.1 Å². The summed E-state index contributed by atoms with van der Waals surface area (Å²) in [5.41, 5.74) is 5.00. The first kappa shape index (κ1) is 17.9. The van der Waals surface area contributed by atoms with E-state index in [0.717, 1.165) is 33.5 Å². The van der Waals surface area contributed by atoms with Crippen LogP contribution in [0.5, 0.6) is 5.75 Å². The molecule has 1 amide bonds. The summed E-state index contributed by atoms with van der Waals surface area (Å²) in [4.78, 5) is 16.5. The Kier molecular flexibility index (Phi) is 5.21. The molecule has 2 aromatic carbocycles. The van der Waals surface area contributed by atoms with E-state index in [9.17, 15) is 4.79 Å². The van der Waals surface area contributed by atoms with Crippen LogP contribution in [-0.2, 0) is 11.2 Å². The van der Waals surface area contributed by atoms with E-state index in [2.05, 4.69) is 18.3 Å². The van der Waals surface area contributed by atoms with Crippen LogP contribution in [0.1, 0.15) is 25.0 Å². The molecule has 134 valence electrons. The maximum atomic E-state index is 11.6. The number of likely N-dealkylation sites (N-methyl/N-ethyl adjacent to an activating group) is 1. The summed E-state index contributed by atoms with van der Waals surface area (Å²) >= 11 is 0. The van der Waals surface area contributed by atoms with Crippen LogP contribution in [-0.4, -0.2) is 24.0 Å². The average Bonchev–Trinajstić information content (AvgIpc) is 2.61.